The van der Waals surface area contributed by atoms with Gasteiger partial charge in [-0.25, -0.2) is 4.98 Å². The van der Waals surface area contributed by atoms with Gasteiger partial charge in [0.2, 0.25) is 0 Å². The lowest BCUT2D eigenvalue weighted by atomic mass is 9.82. The van der Waals surface area contributed by atoms with E-state index in [9.17, 15) is 0 Å². The molecule has 1 aliphatic rings. The Balaban J connectivity index is 1.03. The Morgan fingerprint density at radius 2 is 1.12 bits per heavy atom. The van der Waals surface area contributed by atoms with Gasteiger partial charge in [0.05, 0.1) is 10.2 Å². The predicted octanol–water partition coefficient (Wildman–Crippen LogP) is 13.8. The van der Waals surface area contributed by atoms with Gasteiger partial charge in [0.15, 0.2) is 0 Å². The third kappa shape index (κ3) is 4.63. The van der Waals surface area contributed by atoms with Crippen molar-refractivity contribution in [2.45, 2.75) is 19.3 Å². The van der Waals surface area contributed by atoms with Crippen molar-refractivity contribution in [2.24, 2.45) is 0 Å². The molecule has 0 fully saturated rings. The Morgan fingerprint density at radius 3 is 1.94 bits per heavy atom. The average Bonchev–Trinajstić information content (AvgIpc) is 3.81. The van der Waals surface area contributed by atoms with E-state index in [4.69, 9.17) is 4.98 Å². The topological polar surface area (TPSA) is 16.1 Å². The minimum Gasteiger partial charge on any atom is -0.310 e. The van der Waals surface area contributed by atoms with Crippen LogP contribution in [0, 0.1) is 0 Å². The van der Waals surface area contributed by atoms with E-state index in [1.165, 1.54) is 69.5 Å². The molecule has 4 heteroatoms. The molecule has 2 heterocycles. The molecule has 1 aliphatic carbocycles. The summed E-state index contributed by atoms with van der Waals surface area (Å²) in [7, 11) is 0. The van der Waals surface area contributed by atoms with Crippen LogP contribution in [-0.2, 0) is 5.41 Å². The van der Waals surface area contributed by atoms with Gasteiger partial charge in [-0.2, -0.15) is 0 Å². The maximum absolute atomic E-state index is 5.03. The molecule has 0 saturated heterocycles. The highest BCUT2D eigenvalue weighted by Crippen LogP contribution is 2.50. The van der Waals surface area contributed by atoms with E-state index in [0.717, 1.165) is 21.9 Å². The average molecular weight is 677 g/mol. The molecule has 10 rings (SSSR count). The number of anilines is 3. The SMILES string of the molecule is CC1(C)c2ccccc2-c2ccc(N(c3ccccc3)c3ccc(-c4ccc5sc6cc7sc(-c8ccccc8)nc7cc6c5c4)cc3)cc21. The zero-order valence-corrected chi connectivity index (χ0v) is 29.4. The third-order valence-electron chi connectivity index (χ3n) is 10.3. The van der Waals surface area contributed by atoms with Crippen molar-refractivity contribution in [3.63, 3.8) is 0 Å². The number of hydrogen-bond acceptors (Lipinski definition) is 4. The van der Waals surface area contributed by atoms with Crippen LogP contribution >= 0.6 is 22.7 Å². The standard InChI is InChI=1S/C46H32N2S2/c1-46(2)39-16-10-9-15-35(39)36-23-22-34(26-40(36)46)48(32-13-7-4-8-14-32)33-20-17-29(18-21-33)31-19-24-42-37(25-31)38-27-41-44(28-43(38)49-42)50-45(47-41)30-11-5-3-6-12-30/h3-28H,1-2H3. The van der Waals surface area contributed by atoms with Gasteiger partial charge in [0, 0.05) is 48.2 Å². The molecule has 0 spiro atoms. The summed E-state index contributed by atoms with van der Waals surface area (Å²) in [5.74, 6) is 0. The van der Waals surface area contributed by atoms with E-state index in [2.05, 4.69) is 176 Å². The van der Waals surface area contributed by atoms with Crippen molar-refractivity contribution >= 4 is 70.1 Å². The molecule has 2 aromatic heterocycles. The fraction of sp³-hybridized carbons (Fsp3) is 0.0652. The van der Waals surface area contributed by atoms with Crippen LogP contribution in [0.25, 0.3) is 63.2 Å². The number of thiophene rings is 1. The molecular weight excluding hydrogens is 645 g/mol. The Kier molecular flexibility index (Phi) is 6.61. The lowest BCUT2D eigenvalue weighted by Gasteiger charge is -2.28. The molecule has 0 radical (unpaired) electrons. The molecule has 0 aliphatic heterocycles. The summed E-state index contributed by atoms with van der Waals surface area (Å²) in [6.45, 7) is 4.69. The van der Waals surface area contributed by atoms with E-state index in [0.29, 0.717) is 0 Å². The summed E-state index contributed by atoms with van der Waals surface area (Å²) in [5.41, 5.74) is 13.5. The summed E-state index contributed by atoms with van der Waals surface area (Å²) in [6.07, 6.45) is 0. The summed E-state index contributed by atoms with van der Waals surface area (Å²) in [5, 5.41) is 3.63. The summed E-state index contributed by atoms with van der Waals surface area (Å²) >= 11 is 3.63. The normalized spacial score (nSPS) is 13.2. The van der Waals surface area contributed by atoms with Crippen molar-refractivity contribution in [1.29, 1.82) is 0 Å². The monoisotopic (exact) mass is 676 g/mol. The summed E-state index contributed by atoms with van der Waals surface area (Å²) in [4.78, 5) is 7.41. The second-order valence-electron chi connectivity index (χ2n) is 13.6. The molecule has 0 N–H and O–H groups in total. The molecule has 0 unspecified atom stereocenters. The fourth-order valence-electron chi connectivity index (χ4n) is 7.74. The van der Waals surface area contributed by atoms with Crippen LogP contribution in [0.5, 0.6) is 0 Å². The Hall–Kier alpha value is -5.55. The maximum atomic E-state index is 5.03. The molecule has 0 amide bonds. The first-order chi connectivity index (χ1) is 24.5. The number of rotatable bonds is 5. The smallest absolute Gasteiger partial charge is 0.124 e. The molecular formula is C46H32N2S2. The second-order valence-corrected chi connectivity index (χ2v) is 15.7. The van der Waals surface area contributed by atoms with E-state index in [1.54, 1.807) is 11.3 Å². The maximum Gasteiger partial charge on any atom is 0.124 e. The van der Waals surface area contributed by atoms with E-state index in [1.807, 2.05) is 11.3 Å². The van der Waals surface area contributed by atoms with Gasteiger partial charge < -0.3 is 4.90 Å². The van der Waals surface area contributed by atoms with E-state index >= 15 is 0 Å². The Bertz CT molecular complexity index is 2720. The van der Waals surface area contributed by atoms with Gasteiger partial charge in [-0.1, -0.05) is 111 Å². The largest absolute Gasteiger partial charge is 0.310 e. The lowest BCUT2D eigenvalue weighted by Crippen LogP contribution is -2.16. The van der Waals surface area contributed by atoms with E-state index in [-0.39, 0.29) is 5.41 Å². The first-order valence-corrected chi connectivity index (χ1v) is 18.7. The molecule has 50 heavy (non-hydrogen) atoms. The summed E-state index contributed by atoms with van der Waals surface area (Å²) in [6, 6.07) is 57.6. The first-order valence-electron chi connectivity index (χ1n) is 17.0. The van der Waals surface area contributed by atoms with Crippen molar-refractivity contribution in [3.05, 3.63) is 169 Å². The van der Waals surface area contributed by atoms with Gasteiger partial charge in [-0.15, -0.1) is 22.7 Å². The summed E-state index contributed by atoms with van der Waals surface area (Å²) < 4.78 is 3.85. The third-order valence-corrected chi connectivity index (χ3v) is 12.5. The van der Waals surface area contributed by atoms with Crippen molar-refractivity contribution < 1.29 is 0 Å². The van der Waals surface area contributed by atoms with Crippen LogP contribution in [0.15, 0.2) is 158 Å². The van der Waals surface area contributed by atoms with Crippen LogP contribution in [0.1, 0.15) is 25.0 Å². The zero-order chi connectivity index (χ0) is 33.4. The highest BCUT2D eigenvalue weighted by atomic mass is 32.1. The molecule has 0 saturated carbocycles. The van der Waals surface area contributed by atoms with Crippen LogP contribution in [0.3, 0.4) is 0 Å². The van der Waals surface area contributed by atoms with Gasteiger partial charge in [0.1, 0.15) is 5.01 Å². The van der Waals surface area contributed by atoms with Gasteiger partial charge in [-0.05, 0) is 94.0 Å². The lowest BCUT2D eigenvalue weighted by molar-refractivity contribution is 0.660. The van der Waals surface area contributed by atoms with Crippen LogP contribution in [0.2, 0.25) is 0 Å². The molecule has 7 aromatic carbocycles. The van der Waals surface area contributed by atoms with Gasteiger partial charge in [0.25, 0.3) is 0 Å². The van der Waals surface area contributed by atoms with Crippen molar-refractivity contribution in [2.75, 3.05) is 4.90 Å². The molecule has 0 atom stereocenters. The number of hydrogen-bond donors (Lipinski definition) is 0. The number of thiazole rings is 1. The van der Waals surface area contributed by atoms with Gasteiger partial charge in [-0.3, -0.25) is 0 Å². The van der Waals surface area contributed by atoms with Crippen LogP contribution < -0.4 is 4.90 Å². The van der Waals surface area contributed by atoms with Gasteiger partial charge >= 0.3 is 0 Å². The quantitative estimate of drug-likeness (QED) is 0.180. The predicted molar refractivity (Wildman–Crippen MR) is 216 cm³/mol. The highest BCUT2D eigenvalue weighted by molar-refractivity contribution is 7.26. The highest BCUT2D eigenvalue weighted by Gasteiger charge is 2.35. The molecule has 9 aromatic rings. The van der Waals surface area contributed by atoms with Crippen molar-refractivity contribution in [1.82, 2.24) is 4.98 Å². The van der Waals surface area contributed by atoms with Crippen molar-refractivity contribution in [3.8, 4) is 32.8 Å². The molecule has 2 nitrogen and oxygen atoms in total. The molecule has 0 bridgehead atoms. The number of fused-ring (bicyclic) bond motifs is 7. The molecule has 238 valence electrons. The fourth-order valence-corrected chi connectivity index (χ4v) is 9.91. The number of benzene rings is 7. The minimum absolute atomic E-state index is 0.0614. The number of aromatic nitrogens is 1. The Morgan fingerprint density at radius 1 is 0.460 bits per heavy atom. The van der Waals surface area contributed by atoms with Crippen LogP contribution in [-0.4, -0.2) is 4.98 Å². The minimum atomic E-state index is -0.0614. The number of para-hydroxylation sites is 1. The second kappa shape index (κ2) is 11.2. The number of nitrogens with zero attached hydrogens (tertiary/aromatic N) is 2. The van der Waals surface area contributed by atoms with Crippen LogP contribution in [0.4, 0.5) is 17.1 Å². The Labute approximate surface area is 299 Å². The van der Waals surface area contributed by atoms with E-state index < -0.39 is 0 Å². The first kappa shape index (κ1) is 29.4. The zero-order valence-electron chi connectivity index (χ0n) is 27.7.